The molecule has 0 radical (unpaired) electrons. The number of aryl methyl sites for hydroxylation is 1. The Morgan fingerprint density at radius 2 is 1.95 bits per heavy atom. The van der Waals surface area contributed by atoms with Crippen molar-refractivity contribution in [2.75, 3.05) is 5.32 Å². The molecule has 0 atom stereocenters. The minimum atomic E-state index is -0.447. The summed E-state index contributed by atoms with van der Waals surface area (Å²) in [5.74, 6) is 0.0556. The number of nitrogens with zero attached hydrogens (tertiary/aromatic N) is 1. The number of carbonyl (C=O) groups is 2. The molecule has 0 aliphatic carbocycles. The van der Waals surface area contributed by atoms with E-state index in [1.54, 1.807) is 37.3 Å². The second-order valence-electron chi connectivity index (χ2n) is 4.45. The van der Waals surface area contributed by atoms with Gasteiger partial charge in [0, 0.05) is 17.6 Å². The molecule has 1 aromatic carbocycles. The van der Waals surface area contributed by atoms with Gasteiger partial charge in [0.1, 0.15) is 12.2 Å². The summed E-state index contributed by atoms with van der Waals surface area (Å²) in [4.78, 5) is 23.3. The Morgan fingerprint density at radius 3 is 2.57 bits per heavy atom. The zero-order valence-corrected chi connectivity index (χ0v) is 12.1. The van der Waals surface area contributed by atoms with E-state index in [1.807, 2.05) is 0 Å². The molecule has 0 fully saturated rings. The van der Waals surface area contributed by atoms with Gasteiger partial charge in [-0.25, -0.2) is 0 Å². The van der Waals surface area contributed by atoms with Gasteiger partial charge in [-0.05, 0) is 24.6 Å². The monoisotopic (exact) mass is 307 g/mol. The van der Waals surface area contributed by atoms with Crippen molar-refractivity contribution in [3.63, 3.8) is 0 Å². The fraction of sp³-hybridized carbons (Fsp3) is 0.214. The first-order valence-corrected chi connectivity index (χ1v) is 6.65. The fourth-order valence-corrected chi connectivity index (χ4v) is 1.75. The topological polar surface area (TPSA) is 84.2 Å². The zero-order valence-electron chi connectivity index (χ0n) is 11.4. The van der Waals surface area contributed by atoms with E-state index >= 15 is 0 Å². The van der Waals surface area contributed by atoms with Crippen molar-refractivity contribution in [1.29, 1.82) is 0 Å². The molecular formula is C14H14ClN3O3. The molecule has 7 heteroatoms. The van der Waals surface area contributed by atoms with E-state index in [-0.39, 0.29) is 12.3 Å². The highest BCUT2D eigenvalue weighted by molar-refractivity contribution is 6.30. The maximum absolute atomic E-state index is 11.6. The molecule has 0 spiro atoms. The van der Waals surface area contributed by atoms with Gasteiger partial charge in [0.2, 0.25) is 11.8 Å². The minimum absolute atomic E-state index is 0.278. The highest BCUT2D eigenvalue weighted by atomic mass is 35.5. The van der Waals surface area contributed by atoms with E-state index in [4.69, 9.17) is 16.1 Å². The Morgan fingerprint density at radius 1 is 1.24 bits per heavy atom. The van der Waals surface area contributed by atoms with Crippen LogP contribution in [0.25, 0.3) is 0 Å². The standard InChI is InChI=1S/C14H14ClN3O3/c1-9-6-12(18-21-9)17-14(20)7-13(19)16-8-10-2-4-11(15)5-3-10/h2-6H,7-8H2,1H3,(H,16,19)(H,17,18,20). The first-order chi connectivity index (χ1) is 10.0. The number of aromatic nitrogens is 1. The Balaban J connectivity index is 1.76. The molecule has 0 unspecified atom stereocenters. The van der Waals surface area contributed by atoms with Crippen LogP contribution in [-0.2, 0) is 16.1 Å². The van der Waals surface area contributed by atoms with Gasteiger partial charge >= 0.3 is 0 Å². The van der Waals surface area contributed by atoms with Crippen molar-refractivity contribution >= 4 is 29.2 Å². The van der Waals surface area contributed by atoms with Gasteiger partial charge in [0.05, 0.1) is 0 Å². The molecule has 0 aliphatic heterocycles. The van der Waals surface area contributed by atoms with Gasteiger partial charge in [-0.2, -0.15) is 0 Å². The lowest BCUT2D eigenvalue weighted by Crippen LogP contribution is -2.27. The molecule has 0 saturated heterocycles. The predicted molar refractivity (Wildman–Crippen MR) is 77.8 cm³/mol. The molecule has 21 heavy (non-hydrogen) atoms. The van der Waals surface area contributed by atoms with Crippen LogP contribution in [-0.4, -0.2) is 17.0 Å². The van der Waals surface area contributed by atoms with Gasteiger partial charge in [0.25, 0.3) is 0 Å². The number of rotatable bonds is 5. The number of amides is 2. The molecule has 2 N–H and O–H groups in total. The van der Waals surface area contributed by atoms with Crippen LogP contribution in [0.3, 0.4) is 0 Å². The Hall–Kier alpha value is -2.34. The summed E-state index contributed by atoms with van der Waals surface area (Å²) < 4.78 is 4.81. The molecule has 0 aliphatic rings. The lowest BCUT2D eigenvalue weighted by molar-refractivity contribution is -0.126. The maximum atomic E-state index is 11.6. The quantitative estimate of drug-likeness (QED) is 0.830. The number of hydrogen-bond acceptors (Lipinski definition) is 4. The van der Waals surface area contributed by atoms with Crippen LogP contribution in [0.4, 0.5) is 5.82 Å². The van der Waals surface area contributed by atoms with E-state index < -0.39 is 5.91 Å². The predicted octanol–water partition coefficient (Wildman–Crippen LogP) is 2.28. The van der Waals surface area contributed by atoms with Crippen molar-refractivity contribution in [2.24, 2.45) is 0 Å². The average Bonchev–Trinajstić information content (AvgIpc) is 2.83. The third-order valence-electron chi connectivity index (χ3n) is 2.62. The molecule has 1 aromatic heterocycles. The normalized spacial score (nSPS) is 10.2. The van der Waals surface area contributed by atoms with Crippen LogP contribution < -0.4 is 10.6 Å². The summed E-state index contributed by atoms with van der Waals surface area (Å²) in [5.41, 5.74) is 0.903. The number of hydrogen-bond donors (Lipinski definition) is 2. The highest BCUT2D eigenvalue weighted by Gasteiger charge is 2.11. The molecule has 1 heterocycles. The van der Waals surface area contributed by atoms with Crippen molar-refractivity contribution < 1.29 is 14.1 Å². The van der Waals surface area contributed by atoms with E-state index in [9.17, 15) is 9.59 Å². The summed E-state index contributed by atoms with van der Waals surface area (Å²) in [7, 11) is 0. The number of anilines is 1. The van der Waals surface area contributed by atoms with E-state index in [1.165, 1.54) is 0 Å². The molecule has 6 nitrogen and oxygen atoms in total. The molecule has 0 bridgehead atoms. The van der Waals surface area contributed by atoms with E-state index in [0.717, 1.165) is 5.56 Å². The summed E-state index contributed by atoms with van der Waals surface area (Å²) in [5, 5.41) is 9.38. The summed E-state index contributed by atoms with van der Waals surface area (Å²) in [6, 6.07) is 8.66. The number of nitrogens with one attached hydrogen (secondary N) is 2. The molecule has 2 amide bonds. The highest BCUT2D eigenvalue weighted by Crippen LogP contribution is 2.09. The van der Waals surface area contributed by atoms with E-state index in [0.29, 0.717) is 23.1 Å². The minimum Gasteiger partial charge on any atom is -0.360 e. The van der Waals surface area contributed by atoms with Crippen molar-refractivity contribution in [2.45, 2.75) is 19.9 Å². The maximum Gasteiger partial charge on any atom is 0.235 e. The molecule has 2 aromatic rings. The molecular weight excluding hydrogens is 294 g/mol. The SMILES string of the molecule is Cc1cc(NC(=O)CC(=O)NCc2ccc(Cl)cc2)no1. The van der Waals surface area contributed by atoms with Crippen LogP contribution in [0.5, 0.6) is 0 Å². The van der Waals surface area contributed by atoms with Crippen LogP contribution in [0.2, 0.25) is 5.02 Å². The van der Waals surface area contributed by atoms with Crippen LogP contribution >= 0.6 is 11.6 Å². The Kier molecular flexibility index (Phi) is 4.94. The second kappa shape index (κ2) is 6.90. The lowest BCUT2D eigenvalue weighted by Gasteiger charge is -2.05. The lowest BCUT2D eigenvalue weighted by atomic mass is 10.2. The van der Waals surface area contributed by atoms with Crippen LogP contribution in [0, 0.1) is 6.92 Å². The van der Waals surface area contributed by atoms with Gasteiger partial charge in [-0.3, -0.25) is 9.59 Å². The first-order valence-electron chi connectivity index (χ1n) is 6.27. The van der Waals surface area contributed by atoms with Crippen LogP contribution in [0.15, 0.2) is 34.9 Å². The molecule has 110 valence electrons. The summed E-state index contributed by atoms with van der Waals surface area (Å²) in [6.07, 6.45) is -0.278. The Bertz CT molecular complexity index is 637. The van der Waals surface area contributed by atoms with E-state index in [2.05, 4.69) is 15.8 Å². The number of carbonyl (C=O) groups excluding carboxylic acids is 2. The number of halogens is 1. The Labute approximate surface area is 126 Å². The molecule has 0 saturated carbocycles. The van der Waals surface area contributed by atoms with Gasteiger partial charge in [-0.15, -0.1) is 0 Å². The third-order valence-corrected chi connectivity index (χ3v) is 2.87. The van der Waals surface area contributed by atoms with Crippen molar-refractivity contribution in [3.05, 3.63) is 46.7 Å². The number of benzene rings is 1. The van der Waals surface area contributed by atoms with Gasteiger partial charge in [0.15, 0.2) is 5.82 Å². The average molecular weight is 308 g/mol. The summed E-state index contributed by atoms with van der Waals surface area (Å²) in [6.45, 7) is 2.05. The second-order valence-corrected chi connectivity index (χ2v) is 4.89. The summed E-state index contributed by atoms with van der Waals surface area (Å²) >= 11 is 5.77. The van der Waals surface area contributed by atoms with Crippen molar-refractivity contribution in [3.8, 4) is 0 Å². The third kappa shape index (κ3) is 4.92. The largest absolute Gasteiger partial charge is 0.360 e. The van der Waals surface area contributed by atoms with Gasteiger partial charge in [-0.1, -0.05) is 28.9 Å². The molecule has 2 rings (SSSR count). The van der Waals surface area contributed by atoms with Crippen LogP contribution in [0.1, 0.15) is 17.7 Å². The fourth-order valence-electron chi connectivity index (χ4n) is 1.62. The smallest absolute Gasteiger partial charge is 0.235 e. The van der Waals surface area contributed by atoms with Gasteiger partial charge < -0.3 is 15.2 Å². The first kappa shape index (κ1) is 15.1. The zero-order chi connectivity index (χ0) is 15.2. The van der Waals surface area contributed by atoms with Crippen molar-refractivity contribution in [1.82, 2.24) is 10.5 Å².